The third kappa shape index (κ3) is 5.87. The first-order valence-electron chi connectivity index (χ1n) is 21.8. The molecule has 63 heavy (non-hydrogen) atoms. The minimum absolute atomic E-state index is 0.577. The molecule has 10 aromatic carbocycles. The quantitative estimate of drug-likeness (QED) is 0.158. The van der Waals surface area contributed by atoms with Crippen molar-refractivity contribution in [2.45, 2.75) is 5.41 Å². The maximum atomic E-state index is 2.49. The summed E-state index contributed by atoms with van der Waals surface area (Å²) in [5, 5.41) is 0. The van der Waals surface area contributed by atoms with Gasteiger partial charge in [-0.2, -0.15) is 0 Å². The highest BCUT2D eigenvalue weighted by Gasteiger charge is 2.51. The van der Waals surface area contributed by atoms with Crippen LogP contribution in [0.15, 0.2) is 255 Å². The van der Waals surface area contributed by atoms with E-state index in [-0.39, 0.29) is 0 Å². The Morgan fingerprint density at radius 3 is 1.44 bits per heavy atom. The number of nitrogens with zero attached hydrogens (tertiary/aromatic N) is 2. The molecular formula is C61H42N2. The molecule has 10 aromatic rings. The number of para-hydroxylation sites is 4. The Kier molecular flexibility index (Phi) is 8.76. The van der Waals surface area contributed by atoms with Gasteiger partial charge in [0.15, 0.2) is 0 Å². The lowest BCUT2D eigenvalue weighted by Gasteiger charge is -2.45. The number of benzene rings is 10. The van der Waals surface area contributed by atoms with Gasteiger partial charge in [-0.25, -0.2) is 0 Å². The first-order chi connectivity index (χ1) is 31.3. The predicted octanol–water partition coefficient (Wildman–Crippen LogP) is 16.3. The molecule has 2 heteroatoms. The minimum Gasteiger partial charge on any atom is -0.310 e. The lowest BCUT2D eigenvalue weighted by Crippen LogP contribution is -2.36. The Morgan fingerprint density at radius 2 is 0.762 bits per heavy atom. The van der Waals surface area contributed by atoms with Gasteiger partial charge in [-0.3, -0.25) is 0 Å². The Morgan fingerprint density at radius 1 is 0.286 bits per heavy atom. The van der Waals surface area contributed by atoms with Crippen LogP contribution < -0.4 is 9.80 Å². The molecule has 0 atom stereocenters. The number of anilines is 6. The standard InChI is InChI=1S/C61H42N2/c1-4-19-43(20-5-1)45-35-37-49(38-36-45)62(58-32-15-11-27-51(58)47-24-18-23-46(41-47)44-21-6-2-7-22-44)50-39-40-53-52-28-10-12-29-54(52)61(57(53)42-50)55-30-13-16-33-59(55)63(48-25-8-3-9-26-48)60-34-17-14-31-56(60)61/h1-42H. The van der Waals surface area contributed by atoms with Crippen molar-refractivity contribution in [2.24, 2.45) is 0 Å². The highest BCUT2D eigenvalue weighted by atomic mass is 15.2. The van der Waals surface area contributed by atoms with Crippen molar-refractivity contribution < 1.29 is 0 Å². The van der Waals surface area contributed by atoms with E-state index in [9.17, 15) is 0 Å². The zero-order valence-electron chi connectivity index (χ0n) is 34.6. The number of hydrogen-bond donors (Lipinski definition) is 0. The summed E-state index contributed by atoms with van der Waals surface area (Å²) in [6, 6.07) is 93.3. The lowest BCUT2D eigenvalue weighted by atomic mass is 9.64. The first kappa shape index (κ1) is 36.6. The van der Waals surface area contributed by atoms with Crippen LogP contribution in [0, 0.1) is 0 Å². The summed E-state index contributed by atoms with van der Waals surface area (Å²) in [4.78, 5) is 4.91. The summed E-state index contributed by atoms with van der Waals surface area (Å²) in [6.07, 6.45) is 0. The average molecular weight is 803 g/mol. The topological polar surface area (TPSA) is 6.48 Å². The van der Waals surface area contributed by atoms with Crippen molar-refractivity contribution in [3.63, 3.8) is 0 Å². The van der Waals surface area contributed by atoms with Gasteiger partial charge in [-0.15, -0.1) is 0 Å². The Bertz CT molecular complexity index is 3230. The Hall–Kier alpha value is -8.20. The van der Waals surface area contributed by atoms with Crippen LogP contribution in [0.1, 0.15) is 22.3 Å². The highest BCUT2D eigenvalue weighted by molar-refractivity contribution is 5.98. The molecule has 12 rings (SSSR count). The first-order valence-corrected chi connectivity index (χ1v) is 21.8. The van der Waals surface area contributed by atoms with Gasteiger partial charge >= 0.3 is 0 Å². The van der Waals surface area contributed by atoms with Gasteiger partial charge in [-0.1, -0.05) is 194 Å². The molecular weight excluding hydrogens is 761 g/mol. The van der Waals surface area contributed by atoms with Crippen molar-refractivity contribution in [1.29, 1.82) is 0 Å². The second kappa shape index (κ2) is 15.1. The molecule has 0 amide bonds. The molecule has 1 aliphatic carbocycles. The largest absolute Gasteiger partial charge is 0.310 e. The minimum atomic E-state index is -0.577. The van der Waals surface area contributed by atoms with Crippen LogP contribution in [0.5, 0.6) is 0 Å². The van der Waals surface area contributed by atoms with E-state index in [2.05, 4.69) is 265 Å². The molecule has 0 saturated heterocycles. The van der Waals surface area contributed by atoms with Crippen LogP contribution in [0.2, 0.25) is 0 Å². The van der Waals surface area contributed by atoms with Gasteiger partial charge in [0.1, 0.15) is 0 Å². The molecule has 0 aromatic heterocycles. The van der Waals surface area contributed by atoms with Crippen molar-refractivity contribution in [3.05, 3.63) is 277 Å². The summed E-state index contributed by atoms with van der Waals surface area (Å²) in [5.41, 5.74) is 21.0. The molecule has 0 saturated carbocycles. The van der Waals surface area contributed by atoms with E-state index in [0.29, 0.717) is 0 Å². The zero-order valence-corrected chi connectivity index (χ0v) is 34.6. The summed E-state index contributed by atoms with van der Waals surface area (Å²) < 4.78 is 0. The van der Waals surface area contributed by atoms with Gasteiger partial charge in [0.2, 0.25) is 0 Å². The summed E-state index contributed by atoms with van der Waals surface area (Å²) in [5.74, 6) is 0. The van der Waals surface area contributed by atoms with Crippen LogP contribution in [0.25, 0.3) is 44.5 Å². The number of rotatable bonds is 7. The monoisotopic (exact) mass is 802 g/mol. The molecule has 296 valence electrons. The maximum absolute atomic E-state index is 2.49. The summed E-state index contributed by atoms with van der Waals surface area (Å²) in [6.45, 7) is 0. The van der Waals surface area contributed by atoms with E-state index >= 15 is 0 Å². The summed E-state index contributed by atoms with van der Waals surface area (Å²) in [7, 11) is 0. The Balaban J connectivity index is 1.10. The van der Waals surface area contributed by atoms with E-state index < -0.39 is 5.41 Å². The molecule has 1 heterocycles. The second-order valence-electron chi connectivity index (χ2n) is 16.4. The maximum Gasteiger partial charge on any atom is 0.0755 e. The molecule has 1 spiro atoms. The van der Waals surface area contributed by atoms with Crippen LogP contribution in [-0.2, 0) is 5.41 Å². The van der Waals surface area contributed by atoms with Gasteiger partial charge in [0.05, 0.1) is 22.5 Å². The number of fused-ring (bicyclic) bond motifs is 9. The van der Waals surface area contributed by atoms with Gasteiger partial charge in [0.25, 0.3) is 0 Å². The van der Waals surface area contributed by atoms with Gasteiger partial charge < -0.3 is 9.80 Å². The molecule has 2 aliphatic rings. The van der Waals surface area contributed by atoms with Crippen LogP contribution >= 0.6 is 0 Å². The molecule has 1 aliphatic heterocycles. The predicted molar refractivity (Wildman–Crippen MR) is 263 cm³/mol. The van der Waals surface area contributed by atoms with E-state index in [0.717, 1.165) is 28.3 Å². The van der Waals surface area contributed by atoms with Crippen molar-refractivity contribution in [1.82, 2.24) is 0 Å². The molecule has 0 fully saturated rings. The normalized spacial score (nSPS) is 12.9. The molecule has 0 bridgehead atoms. The third-order valence-corrected chi connectivity index (χ3v) is 13.1. The lowest BCUT2D eigenvalue weighted by molar-refractivity contribution is 0.752. The molecule has 0 unspecified atom stereocenters. The van der Waals surface area contributed by atoms with Crippen molar-refractivity contribution in [2.75, 3.05) is 9.80 Å². The van der Waals surface area contributed by atoms with E-state index in [4.69, 9.17) is 0 Å². The fraction of sp³-hybridized carbons (Fsp3) is 0.0164. The molecule has 0 radical (unpaired) electrons. The Labute approximate surface area is 369 Å². The molecule has 0 N–H and O–H groups in total. The van der Waals surface area contributed by atoms with E-state index in [1.165, 1.54) is 72.6 Å². The van der Waals surface area contributed by atoms with Crippen molar-refractivity contribution in [3.8, 4) is 44.5 Å². The number of hydrogen-bond acceptors (Lipinski definition) is 2. The van der Waals surface area contributed by atoms with E-state index in [1.54, 1.807) is 0 Å². The fourth-order valence-electron chi connectivity index (χ4n) is 10.4. The SMILES string of the molecule is c1ccc(-c2ccc(N(c3ccc4c(c3)C3(c5ccccc5-4)c4ccccc4N(c4ccccc4)c4ccccc43)c3ccccc3-c3cccc(-c4ccccc4)c3)cc2)cc1. The second-order valence-corrected chi connectivity index (χ2v) is 16.4. The van der Waals surface area contributed by atoms with Gasteiger partial charge in [-0.05, 0) is 122 Å². The van der Waals surface area contributed by atoms with Gasteiger partial charge in [0, 0.05) is 22.6 Å². The summed E-state index contributed by atoms with van der Waals surface area (Å²) >= 11 is 0. The zero-order chi connectivity index (χ0) is 41.7. The molecule has 2 nitrogen and oxygen atoms in total. The average Bonchev–Trinajstić information content (AvgIpc) is 3.65. The third-order valence-electron chi connectivity index (χ3n) is 13.1. The van der Waals surface area contributed by atoms with Crippen molar-refractivity contribution >= 4 is 34.1 Å². The smallest absolute Gasteiger partial charge is 0.0755 e. The van der Waals surface area contributed by atoms with Crippen LogP contribution in [-0.4, -0.2) is 0 Å². The van der Waals surface area contributed by atoms with E-state index in [1.807, 2.05) is 0 Å². The fourth-order valence-corrected chi connectivity index (χ4v) is 10.4. The van der Waals surface area contributed by atoms with Crippen LogP contribution in [0.4, 0.5) is 34.1 Å². The van der Waals surface area contributed by atoms with Crippen LogP contribution in [0.3, 0.4) is 0 Å². The highest BCUT2D eigenvalue weighted by Crippen LogP contribution is 2.64.